The van der Waals surface area contributed by atoms with E-state index in [9.17, 15) is 4.79 Å². The van der Waals surface area contributed by atoms with E-state index in [4.69, 9.17) is 14.2 Å². The Bertz CT molecular complexity index is 285. The molecule has 96 valence electrons. The van der Waals surface area contributed by atoms with E-state index in [1.807, 2.05) is 4.90 Å². The summed E-state index contributed by atoms with van der Waals surface area (Å²) in [5, 5.41) is 0. The van der Waals surface area contributed by atoms with Crippen LogP contribution in [0.3, 0.4) is 0 Å². The first-order valence-electron chi connectivity index (χ1n) is 6.47. The van der Waals surface area contributed by atoms with Gasteiger partial charge >= 0.3 is 0 Å². The summed E-state index contributed by atoms with van der Waals surface area (Å²) in [6, 6.07) is 0. The number of likely N-dealkylation sites (tertiary alicyclic amines) is 1. The second kappa shape index (κ2) is 4.55. The van der Waals surface area contributed by atoms with Crippen LogP contribution in [0.2, 0.25) is 0 Å². The number of rotatable bonds is 1. The van der Waals surface area contributed by atoms with E-state index >= 15 is 0 Å². The molecule has 17 heavy (non-hydrogen) atoms. The monoisotopic (exact) mass is 241 g/mol. The van der Waals surface area contributed by atoms with Crippen molar-refractivity contribution >= 4 is 5.91 Å². The zero-order valence-corrected chi connectivity index (χ0v) is 10.0. The zero-order valence-electron chi connectivity index (χ0n) is 10.0. The van der Waals surface area contributed by atoms with E-state index < -0.39 is 5.79 Å². The number of carbonyl (C=O) groups excluding carboxylic acids is 1. The van der Waals surface area contributed by atoms with Crippen LogP contribution >= 0.6 is 0 Å². The van der Waals surface area contributed by atoms with Crippen molar-refractivity contribution in [1.82, 2.24) is 4.90 Å². The van der Waals surface area contributed by atoms with Gasteiger partial charge in [0.1, 0.15) is 6.10 Å². The van der Waals surface area contributed by atoms with Crippen LogP contribution in [0.5, 0.6) is 0 Å². The minimum atomic E-state index is -0.396. The van der Waals surface area contributed by atoms with Crippen molar-refractivity contribution in [2.75, 3.05) is 32.9 Å². The molecule has 1 spiro atoms. The standard InChI is InChI=1S/C12H19NO4/c14-11(10-2-1-7-15-10)13-5-3-12(4-6-13)16-8-9-17-12/h10H,1-9H2/t10-/m0/s1. The Balaban J connectivity index is 1.55. The number of hydrogen-bond donors (Lipinski definition) is 0. The third kappa shape index (κ3) is 2.19. The molecule has 3 fully saturated rings. The lowest BCUT2D eigenvalue weighted by Gasteiger charge is -2.38. The molecule has 5 heteroatoms. The fourth-order valence-electron chi connectivity index (χ4n) is 2.83. The van der Waals surface area contributed by atoms with Crippen LogP contribution in [0.4, 0.5) is 0 Å². The number of carbonyl (C=O) groups is 1. The Labute approximate surface area is 101 Å². The summed E-state index contributed by atoms with van der Waals surface area (Å²) in [4.78, 5) is 14.0. The molecule has 0 aromatic heterocycles. The number of ether oxygens (including phenoxy) is 3. The van der Waals surface area contributed by atoms with Gasteiger partial charge in [-0.05, 0) is 12.8 Å². The summed E-state index contributed by atoms with van der Waals surface area (Å²) in [6.07, 6.45) is 3.24. The first-order valence-corrected chi connectivity index (χ1v) is 6.47. The average Bonchev–Trinajstić information content (AvgIpc) is 3.01. The van der Waals surface area contributed by atoms with E-state index in [1.165, 1.54) is 0 Å². The van der Waals surface area contributed by atoms with Gasteiger partial charge in [0.15, 0.2) is 5.79 Å². The van der Waals surface area contributed by atoms with Gasteiger partial charge in [-0.25, -0.2) is 0 Å². The maximum Gasteiger partial charge on any atom is 0.251 e. The van der Waals surface area contributed by atoms with Crippen molar-refractivity contribution in [1.29, 1.82) is 0 Å². The Morgan fingerprint density at radius 3 is 2.41 bits per heavy atom. The lowest BCUT2D eigenvalue weighted by Crippen LogP contribution is -2.49. The second-order valence-electron chi connectivity index (χ2n) is 4.93. The normalized spacial score (nSPS) is 32.2. The second-order valence-corrected chi connectivity index (χ2v) is 4.93. The van der Waals surface area contributed by atoms with Crippen LogP contribution in [0.15, 0.2) is 0 Å². The zero-order chi connectivity index (χ0) is 11.7. The SMILES string of the molecule is O=C([C@@H]1CCCO1)N1CCC2(CC1)OCCO2. The Kier molecular flexibility index (Phi) is 3.06. The number of piperidine rings is 1. The van der Waals surface area contributed by atoms with Crippen molar-refractivity contribution in [2.24, 2.45) is 0 Å². The van der Waals surface area contributed by atoms with E-state index in [0.717, 1.165) is 45.4 Å². The minimum Gasteiger partial charge on any atom is -0.368 e. The van der Waals surface area contributed by atoms with Crippen molar-refractivity contribution in [3.63, 3.8) is 0 Å². The van der Waals surface area contributed by atoms with Crippen molar-refractivity contribution in [3.8, 4) is 0 Å². The van der Waals surface area contributed by atoms with Crippen molar-refractivity contribution in [2.45, 2.75) is 37.6 Å². The maximum atomic E-state index is 12.1. The van der Waals surface area contributed by atoms with Crippen molar-refractivity contribution in [3.05, 3.63) is 0 Å². The Morgan fingerprint density at radius 2 is 1.82 bits per heavy atom. The molecule has 0 aromatic carbocycles. The summed E-state index contributed by atoms with van der Waals surface area (Å²) in [5.74, 6) is -0.247. The predicted octanol–water partition coefficient (Wildman–Crippen LogP) is 0.531. The Morgan fingerprint density at radius 1 is 1.12 bits per heavy atom. The van der Waals surface area contributed by atoms with E-state index in [1.54, 1.807) is 0 Å². The first kappa shape index (κ1) is 11.4. The number of hydrogen-bond acceptors (Lipinski definition) is 4. The molecular weight excluding hydrogens is 222 g/mol. The van der Waals surface area contributed by atoms with Gasteiger partial charge in [0.05, 0.1) is 13.2 Å². The topological polar surface area (TPSA) is 48.0 Å². The molecule has 0 aromatic rings. The molecule has 1 amide bonds. The molecule has 0 bridgehead atoms. The third-order valence-electron chi connectivity index (χ3n) is 3.86. The van der Waals surface area contributed by atoms with E-state index in [0.29, 0.717) is 13.2 Å². The molecule has 0 radical (unpaired) electrons. The molecule has 0 saturated carbocycles. The summed E-state index contributed by atoms with van der Waals surface area (Å²) < 4.78 is 16.7. The number of amides is 1. The van der Waals surface area contributed by atoms with Crippen LogP contribution in [-0.2, 0) is 19.0 Å². The fraction of sp³-hybridized carbons (Fsp3) is 0.917. The Hall–Kier alpha value is -0.650. The molecule has 0 unspecified atom stereocenters. The molecule has 0 N–H and O–H groups in total. The van der Waals surface area contributed by atoms with Gasteiger partial charge in [0.2, 0.25) is 0 Å². The van der Waals surface area contributed by atoms with Gasteiger partial charge < -0.3 is 19.1 Å². The third-order valence-corrected chi connectivity index (χ3v) is 3.86. The lowest BCUT2D eigenvalue weighted by atomic mass is 10.0. The first-order chi connectivity index (χ1) is 8.29. The molecule has 5 nitrogen and oxygen atoms in total. The molecule has 3 saturated heterocycles. The van der Waals surface area contributed by atoms with Crippen LogP contribution in [0.25, 0.3) is 0 Å². The van der Waals surface area contributed by atoms with Gasteiger partial charge in [0.25, 0.3) is 5.91 Å². The molecule has 3 aliphatic heterocycles. The highest BCUT2D eigenvalue weighted by Gasteiger charge is 2.42. The van der Waals surface area contributed by atoms with E-state index in [-0.39, 0.29) is 12.0 Å². The summed E-state index contributed by atoms with van der Waals surface area (Å²) in [6.45, 7) is 3.52. The molecule has 3 heterocycles. The van der Waals surface area contributed by atoms with Gasteiger partial charge in [-0.15, -0.1) is 0 Å². The summed E-state index contributed by atoms with van der Waals surface area (Å²) in [5.41, 5.74) is 0. The quantitative estimate of drug-likeness (QED) is 0.672. The molecule has 3 aliphatic rings. The van der Waals surface area contributed by atoms with Gasteiger partial charge in [0, 0.05) is 32.5 Å². The largest absolute Gasteiger partial charge is 0.368 e. The lowest BCUT2D eigenvalue weighted by molar-refractivity contribution is -0.189. The van der Waals surface area contributed by atoms with Crippen LogP contribution in [-0.4, -0.2) is 55.6 Å². The smallest absolute Gasteiger partial charge is 0.251 e. The highest BCUT2D eigenvalue weighted by molar-refractivity contribution is 5.81. The molecule has 0 aliphatic carbocycles. The van der Waals surface area contributed by atoms with Crippen LogP contribution in [0.1, 0.15) is 25.7 Å². The molecular formula is C12H19NO4. The van der Waals surface area contributed by atoms with E-state index in [2.05, 4.69) is 0 Å². The summed E-state index contributed by atoms with van der Waals surface area (Å²) >= 11 is 0. The molecule has 1 atom stereocenters. The van der Waals surface area contributed by atoms with Gasteiger partial charge in [-0.2, -0.15) is 0 Å². The fourth-order valence-corrected chi connectivity index (χ4v) is 2.83. The average molecular weight is 241 g/mol. The minimum absolute atomic E-state index is 0.148. The van der Waals surface area contributed by atoms with Gasteiger partial charge in [-0.1, -0.05) is 0 Å². The molecule has 3 rings (SSSR count). The van der Waals surface area contributed by atoms with Crippen LogP contribution < -0.4 is 0 Å². The summed E-state index contributed by atoms with van der Waals surface area (Å²) in [7, 11) is 0. The predicted molar refractivity (Wildman–Crippen MR) is 59.4 cm³/mol. The highest BCUT2D eigenvalue weighted by atomic mass is 16.7. The highest BCUT2D eigenvalue weighted by Crippen LogP contribution is 2.31. The van der Waals surface area contributed by atoms with Crippen molar-refractivity contribution < 1.29 is 19.0 Å². The maximum absolute atomic E-state index is 12.1. The van der Waals surface area contributed by atoms with Crippen LogP contribution in [0, 0.1) is 0 Å². The van der Waals surface area contributed by atoms with Gasteiger partial charge in [-0.3, -0.25) is 4.79 Å². The number of nitrogens with zero attached hydrogens (tertiary/aromatic N) is 1.